The van der Waals surface area contributed by atoms with E-state index in [0.717, 1.165) is 128 Å². The van der Waals surface area contributed by atoms with Crippen molar-refractivity contribution in [3.8, 4) is 0 Å². The van der Waals surface area contributed by atoms with E-state index >= 15 is 0 Å². The Hall–Kier alpha value is -3.67. The maximum Gasteiger partial charge on any atom is 0.306 e. The molecule has 0 saturated heterocycles. The van der Waals surface area contributed by atoms with Crippen molar-refractivity contribution in [3.63, 3.8) is 0 Å². The molecule has 0 aliphatic rings. The van der Waals surface area contributed by atoms with E-state index in [4.69, 9.17) is 14.2 Å². The highest BCUT2D eigenvalue weighted by molar-refractivity contribution is 5.71. The van der Waals surface area contributed by atoms with Gasteiger partial charge in [-0.3, -0.25) is 14.4 Å². The topological polar surface area (TPSA) is 78.9 Å². The fraction of sp³-hybridized carbons (Fsp3) is 0.698. The summed E-state index contributed by atoms with van der Waals surface area (Å²) in [6, 6.07) is 0. The average Bonchev–Trinajstić information content (AvgIpc) is 3.35. The van der Waals surface area contributed by atoms with Gasteiger partial charge in [-0.05, 0) is 122 Å². The number of carbonyl (C=O) groups excluding carboxylic acids is 3. The summed E-state index contributed by atoms with van der Waals surface area (Å²) in [5.41, 5.74) is 0. The lowest BCUT2D eigenvalue weighted by atomic mass is 10.1. The molecule has 0 bridgehead atoms. The van der Waals surface area contributed by atoms with Crippen molar-refractivity contribution in [2.45, 2.75) is 271 Å². The van der Waals surface area contributed by atoms with Crippen LogP contribution in [0.3, 0.4) is 0 Å². The maximum absolute atomic E-state index is 12.9. The van der Waals surface area contributed by atoms with Crippen LogP contribution >= 0.6 is 0 Å². The molecular formula is C63H106O6. The molecule has 0 N–H and O–H groups in total. The SMILES string of the molecule is CC/C=C\C/C=C\C/C=C\C/C=C\C/C=C\CCCCCCCC(=O)OCC(COC(=O)CCCCCCC/C=C\CCCCC)OC(=O)CCCCCCCCC/C=C\C/C=C\CCCCCC. The summed E-state index contributed by atoms with van der Waals surface area (Å²) in [6.45, 7) is 6.46. The van der Waals surface area contributed by atoms with Crippen molar-refractivity contribution in [3.05, 3.63) is 97.2 Å². The van der Waals surface area contributed by atoms with Gasteiger partial charge >= 0.3 is 17.9 Å². The fourth-order valence-electron chi connectivity index (χ4n) is 7.73. The first-order chi connectivity index (χ1) is 34.0. The lowest BCUT2D eigenvalue weighted by Crippen LogP contribution is -2.30. The van der Waals surface area contributed by atoms with Crippen LogP contribution in [-0.2, 0) is 28.6 Å². The molecule has 0 radical (unpaired) electrons. The Balaban J connectivity index is 4.42. The zero-order chi connectivity index (χ0) is 50.0. The Morgan fingerprint density at radius 1 is 0.304 bits per heavy atom. The summed E-state index contributed by atoms with van der Waals surface area (Å²) in [5, 5.41) is 0. The zero-order valence-corrected chi connectivity index (χ0v) is 45.0. The smallest absolute Gasteiger partial charge is 0.306 e. The van der Waals surface area contributed by atoms with Crippen molar-refractivity contribution in [1.29, 1.82) is 0 Å². The lowest BCUT2D eigenvalue weighted by Gasteiger charge is -2.18. The highest BCUT2D eigenvalue weighted by atomic mass is 16.6. The van der Waals surface area contributed by atoms with Crippen LogP contribution < -0.4 is 0 Å². The third-order valence-electron chi connectivity index (χ3n) is 12.0. The van der Waals surface area contributed by atoms with Gasteiger partial charge in [-0.15, -0.1) is 0 Å². The van der Waals surface area contributed by atoms with Gasteiger partial charge in [0, 0.05) is 19.3 Å². The fourth-order valence-corrected chi connectivity index (χ4v) is 7.73. The van der Waals surface area contributed by atoms with Gasteiger partial charge in [-0.1, -0.05) is 221 Å². The first kappa shape index (κ1) is 65.3. The minimum absolute atomic E-state index is 0.0919. The van der Waals surface area contributed by atoms with Crippen LogP contribution in [0.4, 0.5) is 0 Å². The minimum atomic E-state index is -0.794. The Labute approximate surface area is 426 Å². The van der Waals surface area contributed by atoms with Gasteiger partial charge in [-0.25, -0.2) is 0 Å². The molecule has 0 heterocycles. The summed E-state index contributed by atoms with van der Waals surface area (Å²) in [5.74, 6) is -0.925. The van der Waals surface area contributed by atoms with Crippen molar-refractivity contribution in [2.24, 2.45) is 0 Å². The van der Waals surface area contributed by atoms with Gasteiger partial charge in [0.2, 0.25) is 0 Å². The molecule has 0 saturated carbocycles. The largest absolute Gasteiger partial charge is 0.462 e. The van der Waals surface area contributed by atoms with E-state index in [0.29, 0.717) is 19.3 Å². The maximum atomic E-state index is 12.9. The predicted octanol–water partition coefficient (Wildman–Crippen LogP) is 19.3. The highest BCUT2D eigenvalue weighted by Gasteiger charge is 2.19. The molecule has 69 heavy (non-hydrogen) atoms. The van der Waals surface area contributed by atoms with Crippen LogP contribution in [0, 0.1) is 0 Å². The summed E-state index contributed by atoms with van der Waals surface area (Å²) in [7, 11) is 0. The number of unbranched alkanes of at least 4 members (excludes halogenated alkanes) is 24. The van der Waals surface area contributed by atoms with Crippen molar-refractivity contribution in [2.75, 3.05) is 13.2 Å². The number of esters is 3. The third-order valence-corrected chi connectivity index (χ3v) is 12.0. The van der Waals surface area contributed by atoms with Gasteiger partial charge in [0.15, 0.2) is 6.10 Å². The first-order valence-corrected chi connectivity index (χ1v) is 28.7. The third kappa shape index (κ3) is 55.1. The van der Waals surface area contributed by atoms with Gasteiger partial charge in [-0.2, -0.15) is 0 Å². The second kappa shape index (κ2) is 56.9. The second-order valence-electron chi connectivity index (χ2n) is 18.8. The predicted molar refractivity (Wildman–Crippen MR) is 297 cm³/mol. The molecule has 6 heteroatoms. The quantitative estimate of drug-likeness (QED) is 0.0262. The van der Waals surface area contributed by atoms with Crippen molar-refractivity contribution >= 4 is 17.9 Å². The summed E-state index contributed by atoms with van der Waals surface area (Å²) in [4.78, 5) is 38.1. The summed E-state index contributed by atoms with van der Waals surface area (Å²) >= 11 is 0. The molecule has 0 aliphatic carbocycles. The molecule has 0 fully saturated rings. The normalized spacial score (nSPS) is 12.8. The second-order valence-corrected chi connectivity index (χ2v) is 18.8. The standard InChI is InChI=1S/C63H106O6/c1-4-7-10-13-16-19-22-25-27-29-31-32-33-35-36-38-41-44-47-50-53-56-62(65)68-59-60(58-67-61(64)55-52-49-46-43-40-24-21-18-15-12-9-6-3)69-63(66)57-54-51-48-45-42-39-37-34-30-28-26-23-20-17-14-11-8-5-2/h7,10,16,18-21,23,25,27-28,30-32,35-36,60H,4-6,8-9,11-15,17,22,24,26,29,33-34,37-59H2,1-3H3/b10-7-,19-16-,21-18-,23-20-,27-25-,30-28-,32-31-,36-35-. The molecule has 0 rings (SSSR count). The summed E-state index contributed by atoms with van der Waals surface area (Å²) < 4.78 is 16.8. The Morgan fingerprint density at radius 3 is 0.928 bits per heavy atom. The Morgan fingerprint density at radius 2 is 0.565 bits per heavy atom. The number of ether oxygens (including phenoxy) is 3. The van der Waals surface area contributed by atoms with Crippen LogP contribution in [0.1, 0.15) is 265 Å². The molecular weight excluding hydrogens is 853 g/mol. The Bertz CT molecular complexity index is 1380. The lowest BCUT2D eigenvalue weighted by molar-refractivity contribution is -0.167. The molecule has 394 valence electrons. The van der Waals surface area contributed by atoms with E-state index < -0.39 is 6.10 Å². The number of hydrogen-bond donors (Lipinski definition) is 0. The van der Waals surface area contributed by atoms with E-state index in [1.165, 1.54) is 96.3 Å². The van der Waals surface area contributed by atoms with E-state index in [1.54, 1.807) is 0 Å². The van der Waals surface area contributed by atoms with Gasteiger partial charge in [0.25, 0.3) is 0 Å². The first-order valence-electron chi connectivity index (χ1n) is 28.7. The molecule has 0 aromatic rings. The zero-order valence-electron chi connectivity index (χ0n) is 45.0. The van der Waals surface area contributed by atoms with Crippen LogP contribution in [0.25, 0.3) is 0 Å². The van der Waals surface area contributed by atoms with E-state index in [2.05, 4.69) is 118 Å². The van der Waals surface area contributed by atoms with Crippen molar-refractivity contribution in [1.82, 2.24) is 0 Å². The minimum Gasteiger partial charge on any atom is -0.462 e. The number of carbonyl (C=O) groups is 3. The molecule has 0 aromatic carbocycles. The van der Waals surface area contributed by atoms with Crippen LogP contribution in [0.5, 0.6) is 0 Å². The van der Waals surface area contributed by atoms with Gasteiger partial charge < -0.3 is 14.2 Å². The van der Waals surface area contributed by atoms with Crippen LogP contribution in [0.15, 0.2) is 97.2 Å². The number of rotatable bonds is 51. The van der Waals surface area contributed by atoms with Gasteiger partial charge in [0.05, 0.1) is 0 Å². The summed E-state index contributed by atoms with van der Waals surface area (Å²) in [6.07, 6.45) is 75.3. The number of hydrogen-bond acceptors (Lipinski definition) is 6. The van der Waals surface area contributed by atoms with E-state index in [1.807, 2.05) is 0 Å². The van der Waals surface area contributed by atoms with E-state index in [9.17, 15) is 14.4 Å². The molecule has 0 spiro atoms. The molecule has 1 unspecified atom stereocenters. The van der Waals surface area contributed by atoms with Crippen LogP contribution in [-0.4, -0.2) is 37.2 Å². The Kier molecular flexibility index (Phi) is 53.9. The van der Waals surface area contributed by atoms with E-state index in [-0.39, 0.29) is 31.1 Å². The number of allylic oxidation sites excluding steroid dienone is 16. The highest BCUT2D eigenvalue weighted by Crippen LogP contribution is 2.14. The van der Waals surface area contributed by atoms with Crippen LogP contribution in [0.2, 0.25) is 0 Å². The molecule has 0 aromatic heterocycles. The van der Waals surface area contributed by atoms with Gasteiger partial charge in [0.1, 0.15) is 13.2 Å². The van der Waals surface area contributed by atoms with Crippen molar-refractivity contribution < 1.29 is 28.6 Å². The molecule has 0 aliphatic heterocycles. The molecule has 0 amide bonds. The molecule has 1 atom stereocenters. The monoisotopic (exact) mass is 959 g/mol. The molecule has 6 nitrogen and oxygen atoms in total. The average molecular weight is 960 g/mol.